The van der Waals surface area contributed by atoms with Gasteiger partial charge < -0.3 is 4.74 Å². The topological polar surface area (TPSA) is 32.7 Å². The third-order valence-corrected chi connectivity index (χ3v) is 1.84. The molecule has 0 fully saturated rings. The largest absolute Gasteiger partial charge is 0.499 e. The molecule has 1 aliphatic heterocycles. The maximum Gasteiger partial charge on any atom is 0.227 e. The summed E-state index contributed by atoms with van der Waals surface area (Å²) < 4.78 is 17.7. The number of rotatable bonds is 1. The van der Waals surface area contributed by atoms with E-state index in [1.807, 2.05) is 0 Å². The molecule has 0 spiro atoms. The Bertz CT molecular complexity index is 227. The zero-order valence-corrected chi connectivity index (χ0v) is 7.43. The normalized spacial score (nSPS) is 18.5. The Morgan fingerprint density at radius 2 is 2.45 bits per heavy atom. The molecule has 11 heavy (non-hydrogen) atoms. The van der Waals surface area contributed by atoms with Crippen LogP contribution in [0.1, 0.15) is 0 Å². The highest BCUT2D eigenvalue weighted by Gasteiger charge is 2.17. The molecule has 0 aromatic heterocycles. The van der Waals surface area contributed by atoms with Gasteiger partial charge in [0.05, 0.1) is 11.6 Å². The van der Waals surface area contributed by atoms with Gasteiger partial charge in [-0.25, -0.2) is 5.06 Å². The molecule has 0 radical (unpaired) electrons. The van der Waals surface area contributed by atoms with Crippen molar-refractivity contribution in [3.05, 3.63) is 22.3 Å². The molecular weight excluding hydrogens is 217 g/mol. The second kappa shape index (κ2) is 3.23. The molecule has 1 rings (SSSR count). The minimum atomic E-state index is -0.703. The molecule has 0 atom stereocenters. The van der Waals surface area contributed by atoms with E-state index in [1.54, 1.807) is 0 Å². The van der Waals surface area contributed by atoms with Crippen LogP contribution in [0.3, 0.4) is 0 Å². The van der Waals surface area contributed by atoms with E-state index >= 15 is 0 Å². The number of methoxy groups -OCH3 is 1. The van der Waals surface area contributed by atoms with E-state index in [0.717, 1.165) is 0 Å². The van der Waals surface area contributed by atoms with Crippen molar-refractivity contribution in [1.82, 2.24) is 5.06 Å². The maximum atomic E-state index is 12.7. The first kappa shape index (κ1) is 8.55. The predicted octanol–water partition coefficient (Wildman–Crippen LogP) is 1.75. The van der Waals surface area contributed by atoms with Gasteiger partial charge >= 0.3 is 0 Å². The van der Waals surface area contributed by atoms with Crippen LogP contribution in [0.25, 0.3) is 0 Å². The van der Waals surface area contributed by atoms with Crippen molar-refractivity contribution in [2.45, 2.75) is 0 Å². The number of nitrogens with zero attached hydrogens (tertiary/aromatic N) is 1. The van der Waals surface area contributed by atoms with E-state index in [0.29, 0.717) is 10.8 Å². The Balaban J connectivity index is 2.87. The Hall–Kier alpha value is -0.550. The number of allylic oxidation sites excluding steroid dienone is 2. The quantitative estimate of drug-likeness (QED) is 0.688. The van der Waals surface area contributed by atoms with Crippen LogP contribution < -0.4 is 0 Å². The molecule has 0 bridgehead atoms. The fourth-order valence-corrected chi connectivity index (χ4v) is 1.17. The van der Waals surface area contributed by atoms with E-state index in [2.05, 4.69) is 15.9 Å². The van der Waals surface area contributed by atoms with Crippen LogP contribution in [0, 0.1) is 0 Å². The van der Waals surface area contributed by atoms with Gasteiger partial charge in [0.1, 0.15) is 12.3 Å². The van der Waals surface area contributed by atoms with Crippen molar-refractivity contribution < 1.29 is 14.3 Å². The molecule has 3 nitrogen and oxygen atoms in total. The Morgan fingerprint density at radius 3 is 2.91 bits per heavy atom. The fraction of sp³-hybridized carbons (Fsp3) is 0.333. The van der Waals surface area contributed by atoms with Crippen molar-refractivity contribution in [2.75, 3.05) is 13.7 Å². The average Bonchev–Trinajstić information content (AvgIpc) is 1.99. The van der Waals surface area contributed by atoms with Gasteiger partial charge in [0.15, 0.2) is 0 Å². The highest BCUT2D eigenvalue weighted by atomic mass is 79.9. The average molecular weight is 224 g/mol. The van der Waals surface area contributed by atoms with Gasteiger partial charge in [-0.15, -0.1) is 0 Å². The van der Waals surface area contributed by atoms with Gasteiger partial charge in [-0.3, -0.25) is 5.21 Å². The molecule has 1 heterocycles. The molecule has 0 unspecified atom stereocenters. The SMILES string of the molecule is COC1=CC(Br)=C(F)N(O)C1. The Morgan fingerprint density at radius 1 is 1.82 bits per heavy atom. The summed E-state index contributed by atoms with van der Waals surface area (Å²) in [7, 11) is 1.46. The second-order valence-electron chi connectivity index (χ2n) is 2.01. The van der Waals surface area contributed by atoms with Gasteiger partial charge in [0, 0.05) is 0 Å². The fourth-order valence-electron chi connectivity index (χ4n) is 0.710. The number of halogens is 2. The highest BCUT2D eigenvalue weighted by molar-refractivity contribution is 9.11. The summed E-state index contributed by atoms with van der Waals surface area (Å²) in [5.74, 6) is -0.202. The summed E-state index contributed by atoms with van der Waals surface area (Å²) in [5.41, 5.74) is 0. The second-order valence-corrected chi connectivity index (χ2v) is 2.87. The zero-order valence-electron chi connectivity index (χ0n) is 5.84. The molecule has 0 aromatic rings. The van der Waals surface area contributed by atoms with Crippen molar-refractivity contribution in [3.8, 4) is 0 Å². The van der Waals surface area contributed by atoms with E-state index in [4.69, 9.17) is 9.94 Å². The molecule has 1 aliphatic rings. The van der Waals surface area contributed by atoms with E-state index in [-0.39, 0.29) is 11.0 Å². The van der Waals surface area contributed by atoms with Crippen LogP contribution in [0.2, 0.25) is 0 Å². The van der Waals surface area contributed by atoms with Crippen LogP contribution in [0.5, 0.6) is 0 Å². The van der Waals surface area contributed by atoms with Crippen molar-refractivity contribution in [3.63, 3.8) is 0 Å². The number of hydrogen-bond acceptors (Lipinski definition) is 3. The van der Waals surface area contributed by atoms with Crippen LogP contribution in [0.4, 0.5) is 4.39 Å². The molecule has 0 saturated carbocycles. The number of hydroxylamine groups is 2. The van der Waals surface area contributed by atoms with Crippen LogP contribution in [-0.4, -0.2) is 23.9 Å². The number of hydrogen-bond donors (Lipinski definition) is 1. The summed E-state index contributed by atoms with van der Waals surface area (Å²) in [6.45, 7) is 0.0391. The van der Waals surface area contributed by atoms with Gasteiger partial charge in [0.25, 0.3) is 0 Å². The van der Waals surface area contributed by atoms with Gasteiger partial charge in [-0.1, -0.05) is 0 Å². The lowest BCUT2D eigenvalue weighted by Gasteiger charge is -2.20. The summed E-state index contributed by atoms with van der Waals surface area (Å²) >= 11 is 2.92. The van der Waals surface area contributed by atoms with Crippen molar-refractivity contribution in [2.24, 2.45) is 0 Å². The first-order valence-electron chi connectivity index (χ1n) is 2.91. The monoisotopic (exact) mass is 223 g/mol. The van der Waals surface area contributed by atoms with E-state index in [1.165, 1.54) is 13.2 Å². The lowest BCUT2D eigenvalue weighted by molar-refractivity contribution is -0.0791. The Kier molecular flexibility index (Phi) is 2.51. The van der Waals surface area contributed by atoms with Crippen LogP contribution >= 0.6 is 15.9 Å². The highest BCUT2D eigenvalue weighted by Crippen LogP contribution is 2.24. The van der Waals surface area contributed by atoms with E-state index in [9.17, 15) is 4.39 Å². The first-order chi connectivity index (χ1) is 5.15. The molecular formula is C6H7BrFNO2. The summed E-state index contributed by atoms with van der Waals surface area (Å²) in [5, 5.41) is 9.37. The molecule has 1 N–H and O–H groups in total. The van der Waals surface area contributed by atoms with Gasteiger partial charge in [-0.05, 0) is 22.0 Å². The smallest absolute Gasteiger partial charge is 0.227 e. The number of ether oxygens (including phenoxy) is 1. The lowest BCUT2D eigenvalue weighted by atomic mass is 10.3. The standard InChI is InChI=1S/C6H7BrFNO2/c1-11-4-2-5(7)6(8)9(10)3-4/h2,10H,3H2,1H3. The van der Waals surface area contributed by atoms with Gasteiger partial charge in [-0.2, -0.15) is 4.39 Å². The first-order valence-corrected chi connectivity index (χ1v) is 3.70. The molecule has 0 saturated heterocycles. The summed E-state index contributed by atoms with van der Waals surface area (Å²) in [6.07, 6.45) is 1.47. The predicted molar refractivity (Wildman–Crippen MR) is 40.6 cm³/mol. The molecule has 62 valence electrons. The Labute approximate surface area is 71.8 Å². The van der Waals surface area contributed by atoms with Gasteiger partial charge in [0.2, 0.25) is 5.95 Å². The zero-order chi connectivity index (χ0) is 8.43. The maximum absolute atomic E-state index is 12.7. The summed E-state index contributed by atoms with van der Waals surface area (Å²) in [4.78, 5) is 0. The minimum absolute atomic E-state index is 0.0391. The molecule has 0 amide bonds. The summed E-state index contributed by atoms with van der Waals surface area (Å²) in [6, 6.07) is 0. The van der Waals surface area contributed by atoms with Crippen LogP contribution in [-0.2, 0) is 4.74 Å². The molecule has 0 aromatic carbocycles. The third-order valence-electron chi connectivity index (χ3n) is 1.28. The van der Waals surface area contributed by atoms with Crippen molar-refractivity contribution >= 4 is 15.9 Å². The third kappa shape index (κ3) is 1.72. The van der Waals surface area contributed by atoms with Crippen molar-refractivity contribution in [1.29, 1.82) is 0 Å². The lowest BCUT2D eigenvalue weighted by Crippen LogP contribution is -2.23. The minimum Gasteiger partial charge on any atom is -0.499 e. The molecule has 0 aliphatic carbocycles. The molecule has 5 heteroatoms. The van der Waals surface area contributed by atoms with Crippen LogP contribution in [0.15, 0.2) is 22.3 Å². The van der Waals surface area contributed by atoms with E-state index < -0.39 is 5.95 Å².